The normalized spacial score (nSPS) is 21.5. The highest BCUT2D eigenvalue weighted by atomic mass is 127. The van der Waals surface area contributed by atoms with E-state index in [1.807, 2.05) is 32.2 Å². The van der Waals surface area contributed by atoms with Gasteiger partial charge >= 0.3 is 0 Å². The lowest BCUT2D eigenvalue weighted by Gasteiger charge is -2.45. The third kappa shape index (κ3) is 5.66. The highest BCUT2D eigenvalue weighted by Crippen LogP contribution is 2.53. The summed E-state index contributed by atoms with van der Waals surface area (Å²) < 4.78 is 12.5. The van der Waals surface area contributed by atoms with Gasteiger partial charge in [0.05, 0.1) is 32.0 Å². The molecule has 1 unspecified atom stereocenters. The summed E-state index contributed by atoms with van der Waals surface area (Å²) in [5, 5.41) is 7.69. The third-order valence-electron chi connectivity index (χ3n) is 7.27. The van der Waals surface area contributed by atoms with Crippen LogP contribution in [-0.4, -0.2) is 32.0 Å². The van der Waals surface area contributed by atoms with Crippen LogP contribution in [0.2, 0.25) is 10.0 Å². The summed E-state index contributed by atoms with van der Waals surface area (Å²) in [5.74, 6) is 1.52. The molecule has 2 atom stereocenters. The molecule has 4 rings (SSSR count). The molecule has 1 saturated carbocycles. The standard InChI is InChI=1S/C23H29Cl2IN4OS2/c1-22(2,33(27)31)13-15-5-4-8-23(15)9-11-30(12-10-23)18-14-28-21(20(26)29-18)32-17-7-3-6-16(24)19(17)25/h3,6-7,14-15H,4-5,8-13,27H2,1-2H3/t15-,33?/m1/s1. The van der Waals surface area contributed by atoms with Crippen molar-refractivity contribution < 1.29 is 4.21 Å². The second-order valence-corrected chi connectivity index (χ2v) is 14.2. The lowest BCUT2D eigenvalue weighted by Crippen LogP contribution is -2.45. The Balaban J connectivity index is 1.43. The van der Waals surface area contributed by atoms with E-state index in [0.717, 1.165) is 51.8 Å². The van der Waals surface area contributed by atoms with Crippen LogP contribution in [0.25, 0.3) is 0 Å². The van der Waals surface area contributed by atoms with E-state index in [1.165, 1.54) is 31.0 Å². The summed E-state index contributed by atoms with van der Waals surface area (Å²) >= 11 is 16.2. The maximum atomic E-state index is 12.0. The molecule has 1 saturated heterocycles. The lowest BCUT2D eigenvalue weighted by molar-refractivity contribution is 0.134. The molecule has 2 aromatic rings. The molecule has 1 aliphatic carbocycles. The molecule has 180 valence electrons. The van der Waals surface area contributed by atoms with Crippen LogP contribution in [0, 0.1) is 15.0 Å². The van der Waals surface area contributed by atoms with Crippen molar-refractivity contribution in [2.24, 2.45) is 16.5 Å². The molecule has 0 bridgehead atoms. The Kier molecular flexibility index (Phi) is 8.23. The molecule has 1 aromatic carbocycles. The van der Waals surface area contributed by atoms with Crippen LogP contribution in [0.3, 0.4) is 0 Å². The highest BCUT2D eigenvalue weighted by molar-refractivity contribution is 14.1. The Morgan fingerprint density at radius 2 is 2.03 bits per heavy atom. The summed E-state index contributed by atoms with van der Waals surface area (Å²) in [6.07, 6.45) is 8.82. The van der Waals surface area contributed by atoms with Crippen molar-refractivity contribution in [2.45, 2.75) is 67.0 Å². The zero-order valence-corrected chi connectivity index (χ0v) is 24.1. The average molecular weight is 639 g/mol. The molecule has 1 spiro atoms. The zero-order valence-electron chi connectivity index (χ0n) is 18.8. The van der Waals surface area contributed by atoms with Crippen LogP contribution in [0.1, 0.15) is 52.4 Å². The smallest absolute Gasteiger partial charge is 0.148 e. The number of piperidine rings is 1. The van der Waals surface area contributed by atoms with E-state index in [2.05, 4.69) is 27.5 Å². The Morgan fingerprint density at radius 1 is 1.30 bits per heavy atom. The maximum Gasteiger partial charge on any atom is 0.148 e. The van der Waals surface area contributed by atoms with Gasteiger partial charge in [-0.1, -0.05) is 47.5 Å². The van der Waals surface area contributed by atoms with Crippen LogP contribution in [-0.2, 0) is 11.0 Å². The van der Waals surface area contributed by atoms with Crippen LogP contribution >= 0.6 is 57.6 Å². The minimum absolute atomic E-state index is 0.333. The van der Waals surface area contributed by atoms with Gasteiger partial charge in [0.15, 0.2) is 0 Å². The number of nitrogens with zero attached hydrogens (tertiary/aromatic N) is 3. The van der Waals surface area contributed by atoms with Crippen molar-refractivity contribution in [1.82, 2.24) is 9.97 Å². The number of hydrogen-bond acceptors (Lipinski definition) is 5. The molecular formula is C23H29Cl2IN4OS2. The van der Waals surface area contributed by atoms with E-state index in [-0.39, 0.29) is 4.75 Å². The SMILES string of the molecule is CC(C)(C[C@H]1CCCC12CCN(c1cnc(Sc3cccc(Cl)c3Cl)c(I)n1)CC2)S(N)=O. The van der Waals surface area contributed by atoms with Crippen LogP contribution in [0.4, 0.5) is 5.82 Å². The summed E-state index contributed by atoms with van der Waals surface area (Å²) in [6.45, 7) is 6.02. The summed E-state index contributed by atoms with van der Waals surface area (Å²) in [7, 11) is -1.30. The van der Waals surface area contributed by atoms with Gasteiger partial charge in [-0.15, -0.1) is 0 Å². The molecule has 2 heterocycles. The van der Waals surface area contributed by atoms with Gasteiger partial charge in [0.2, 0.25) is 0 Å². The monoisotopic (exact) mass is 638 g/mol. The minimum Gasteiger partial charge on any atom is -0.355 e. The first-order valence-electron chi connectivity index (χ1n) is 11.2. The topological polar surface area (TPSA) is 72.1 Å². The molecule has 0 amide bonds. The first-order valence-corrected chi connectivity index (χ1v) is 15.0. The molecular weight excluding hydrogens is 610 g/mol. The number of nitrogens with two attached hydrogens (primary N) is 1. The van der Waals surface area contributed by atoms with Gasteiger partial charge in [0.1, 0.15) is 14.5 Å². The minimum atomic E-state index is -1.30. The van der Waals surface area contributed by atoms with Crippen molar-refractivity contribution in [3.05, 3.63) is 38.1 Å². The quantitative estimate of drug-likeness (QED) is 0.356. The molecule has 2 N–H and O–H groups in total. The van der Waals surface area contributed by atoms with E-state index >= 15 is 0 Å². The van der Waals surface area contributed by atoms with Crippen LogP contribution < -0.4 is 10.0 Å². The van der Waals surface area contributed by atoms with Gasteiger partial charge in [-0.05, 0) is 92.0 Å². The largest absolute Gasteiger partial charge is 0.355 e. The summed E-state index contributed by atoms with van der Waals surface area (Å²) in [5.41, 5.74) is 0.340. The number of rotatable bonds is 6. The molecule has 5 nitrogen and oxygen atoms in total. The summed E-state index contributed by atoms with van der Waals surface area (Å²) in [6, 6.07) is 5.60. The Labute approximate surface area is 226 Å². The van der Waals surface area contributed by atoms with Gasteiger partial charge in [0.25, 0.3) is 0 Å². The lowest BCUT2D eigenvalue weighted by atomic mass is 9.68. The molecule has 1 aliphatic heterocycles. The van der Waals surface area contributed by atoms with Gasteiger partial charge in [-0.25, -0.2) is 14.2 Å². The van der Waals surface area contributed by atoms with Gasteiger partial charge < -0.3 is 4.90 Å². The second-order valence-electron chi connectivity index (χ2n) is 9.68. The molecule has 0 radical (unpaired) electrons. The van der Waals surface area contributed by atoms with Crippen LogP contribution in [0.15, 0.2) is 34.3 Å². The van der Waals surface area contributed by atoms with E-state index < -0.39 is 11.0 Å². The fourth-order valence-electron chi connectivity index (χ4n) is 5.28. The maximum absolute atomic E-state index is 12.0. The number of hydrogen-bond donors (Lipinski definition) is 1. The van der Waals surface area contributed by atoms with E-state index in [0.29, 0.717) is 21.4 Å². The number of anilines is 1. The Hall–Kier alpha value is -0.130. The molecule has 1 aromatic heterocycles. The van der Waals surface area contributed by atoms with E-state index in [1.54, 1.807) is 6.07 Å². The van der Waals surface area contributed by atoms with Crippen molar-refractivity contribution in [3.63, 3.8) is 0 Å². The van der Waals surface area contributed by atoms with Crippen molar-refractivity contribution in [1.29, 1.82) is 0 Å². The molecule has 10 heteroatoms. The van der Waals surface area contributed by atoms with Crippen molar-refractivity contribution in [3.8, 4) is 0 Å². The second kappa shape index (κ2) is 10.5. The van der Waals surface area contributed by atoms with E-state index in [4.69, 9.17) is 38.3 Å². The van der Waals surface area contributed by atoms with Crippen molar-refractivity contribution in [2.75, 3.05) is 18.0 Å². The van der Waals surface area contributed by atoms with E-state index in [9.17, 15) is 4.21 Å². The molecule has 33 heavy (non-hydrogen) atoms. The van der Waals surface area contributed by atoms with Crippen molar-refractivity contribution >= 4 is 74.4 Å². The first-order chi connectivity index (χ1) is 15.6. The average Bonchev–Trinajstić information content (AvgIpc) is 3.14. The number of benzene rings is 1. The zero-order chi connectivity index (χ0) is 23.8. The fourth-order valence-corrected chi connectivity index (χ4v) is 7.62. The Morgan fingerprint density at radius 3 is 2.70 bits per heavy atom. The van der Waals surface area contributed by atoms with Gasteiger partial charge in [0, 0.05) is 18.0 Å². The van der Waals surface area contributed by atoms with Gasteiger partial charge in [-0.3, -0.25) is 5.14 Å². The fraction of sp³-hybridized carbons (Fsp3) is 0.565. The van der Waals surface area contributed by atoms with Gasteiger partial charge in [-0.2, -0.15) is 0 Å². The molecule has 2 fully saturated rings. The molecule has 2 aliphatic rings. The predicted molar refractivity (Wildman–Crippen MR) is 148 cm³/mol. The highest BCUT2D eigenvalue weighted by Gasteiger charge is 2.47. The first kappa shape index (κ1) is 25.9. The number of halogens is 3. The Bertz CT molecular complexity index is 1050. The van der Waals surface area contributed by atoms with Crippen LogP contribution in [0.5, 0.6) is 0 Å². The predicted octanol–water partition coefficient (Wildman–Crippen LogP) is 6.72. The third-order valence-corrected chi connectivity index (χ3v) is 11.6. The number of aromatic nitrogens is 2. The summed E-state index contributed by atoms with van der Waals surface area (Å²) in [4.78, 5) is 12.8.